The highest BCUT2D eigenvalue weighted by Crippen LogP contribution is 2.21. The third kappa shape index (κ3) is 9.05. The number of morpholine rings is 1. The van der Waals surface area contributed by atoms with E-state index in [0.29, 0.717) is 23.8 Å². The number of nitrogens with one attached hydrogen (secondary N) is 2. The summed E-state index contributed by atoms with van der Waals surface area (Å²) in [6, 6.07) is 11.1. The molecular formula is C25H42IN5O2. The summed E-state index contributed by atoms with van der Waals surface area (Å²) in [4.78, 5) is 21.5. The minimum Gasteiger partial charge on any atom is -0.379 e. The molecule has 1 amide bonds. The Kier molecular flexibility index (Phi) is 12.5. The van der Waals surface area contributed by atoms with Crippen LogP contribution in [0, 0.1) is 11.8 Å². The van der Waals surface area contributed by atoms with Crippen molar-refractivity contribution in [3.05, 3.63) is 35.9 Å². The molecule has 2 N–H and O–H groups in total. The summed E-state index contributed by atoms with van der Waals surface area (Å²) in [5.74, 6) is 2.03. The van der Waals surface area contributed by atoms with E-state index in [-0.39, 0.29) is 36.4 Å². The standard InChI is InChI=1S/C25H41N5O2.HI/c1-20(2)23(29-13-15-32-16-14-29)18-27-25(26-3)28-19-24(31)30-11-9-22(10-12-30)17-21-7-5-4-6-8-21;/h4-8,20,22-23H,9-19H2,1-3H3,(H2,26,27,28);1H. The lowest BCUT2D eigenvalue weighted by molar-refractivity contribution is -0.131. The van der Waals surface area contributed by atoms with Crippen LogP contribution in [0.4, 0.5) is 0 Å². The SMILES string of the molecule is CN=C(NCC(=O)N1CCC(Cc2ccccc2)CC1)NCC(C(C)C)N1CCOCC1.I. The van der Waals surface area contributed by atoms with Crippen LogP contribution < -0.4 is 10.6 Å². The molecule has 0 aliphatic carbocycles. The van der Waals surface area contributed by atoms with Crippen molar-refractivity contribution >= 4 is 35.8 Å². The Hall–Kier alpha value is -1.39. The summed E-state index contributed by atoms with van der Waals surface area (Å²) >= 11 is 0. The topological polar surface area (TPSA) is 69.2 Å². The van der Waals surface area contributed by atoms with E-state index in [1.807, 2.05) is 4.90 Å². The fourth-order valence-electron chi connectivity index (χ4n) is 4.72. The summed E-state index contributed by atoms with van der Waals surface area (Å²) in [5.41, 5.74) is 1.39. The van der Waals surface area contributed by atoms with Gasteiger partial charge in [0.25, 0.3) is 0 Å². The lowest BCUT2D eigenvalue weighted by atomic mass is 9.90. The average Bonchev–Trinajstić information content (AvgIpc) is 2.82. The molecule has 1 aromatic rings. The van der Waals surface area contributed by atoms with Gasteiger partial charge in [-0.05, 0) is 36.7 Å². The Balaban J connectivity index is 0.00000385. The second kappa shape index (κ2) is 14.8. The molecule has 1 atom stereocenters. The number of halogens is 1. The molecule has 186 valence electrons. The third-order valence-corrected chi connectivity index (χ3v) is 6.73. The quantitative estimate of drug-likeness (QED) is 0.286. The minimum absolute atomic E-state index is 0. The van der Waals surface area contributed by atoms with Gasteiger partial charge in [0.15, 0.2) is 5.96 Å². The maximum Gasteiger partial charge on any atom is 0.241 e. The summed E-state index contributed by atoms with van der Waals surface area (Å²) in [6.45, 7) is 10.8. The zero-order valence-electron chi connectivity index (χ0n) is 20.5. The average molecular weight is 572 g/mol. The van der Waals surface area contributed by atoms with E-state index in [2.05, 4.69) is 64.7 Å². The van der Waals surface area contributed by atoms with Crippen LogP contribution in [0.2, 0.25) is 0 Å². The van der Waals surface area contributed by atoms with Crippen molar-refractivity contribution in [1.29, 1.82) is 0 Å². The van der Waals surface area contributed by atoms with E-state index >= 15 is 0 Å². The van der Waals surface area contributed by atoms with E-state index in [1.165, 1.54) is 5.56 Å². The molecule has 3 rings (SSSR count). The normalized spacial score (nSPS) is 19.2. The highest BCUT2D eigenvalue weighted by atomic mass is 127. The van der Waals surface area contributed by atoms with Crippen molar-refractivity contribution in [2.75, 3.05) is 59.5 Å². The maximum atomic E-state index is 12.7. The van der Waals surface area contributed by atoms with Crippen LogP contribution in [0.15, 0.2) is 35.3 Å². The van der Waals surface area contributed by atoms with Crippen LogP contribution >= 0.6 is 24.0 Å². The minimum atomic E-state index is 0. The van der Waals surface area contributed by atoms with E-state index in [9.17, 15) is 4.79 Å². The molecule has 1 unspecified atom stereocenters. The number of hydrogen-bond acceptors (Lipinski definition) is 4. The predicted octanol–water partition coefficient (Wildman–Crippen LogP) is 2.61. The van der Waals surface area contributed by atoms with Gasteiger partial charge in [-0.15, -0.1) is 24.0 Å². The lowest BCUT2D eigenvalue weighted by Crippen LogP contribution is -2.53. The lowest BCUT2D eigenvalue weighted by Gasteiger charge is -2.37. The first-order valence-electron chi connectivity index (χ1n) is 12.1. The molecule has 2 heterocycles. The van der Waals surface area contributed by atoms with Gasteiger partial charge in [0.05, 0.1) is 19.8 Å². The zero-order valence-corrected chi connectivity index (χ0v) is 22.8. The number of aliphatic imine (C=N–C) groups is 1. The first kappa shape index (κ1) is 27.9. The highest BCUT2D eigenvalue weighted by molar-refractivity contribution is 14.0. The van der Waals surface area contributed by atoms with E-state index in [0.717, 1.165) is 65.2 Å². The number of likely N-dealkylation sites (tertiary alicyclic amines) is 1. The number of amides is 1. The molecule has 0 saturated carbocycles. The number of rotatable bonds is 8. The number of hydrogen-bond donors (Lipinski definition) is 2. The number of carbonyl (C=O) groups excluding carboxylic acids is 1. The summed E-state index contributed by atoms with van der Waals surface area (Å²) in [7, 11) is 1.76. The monoisotopic (exact) mass is 571 g/mol. The number of benzene rings is 1. The number of piperidine rings is 1. The maximum absolute atomic E-state index is 12.7. The van der Waals surface area contributed by atoms with Crippen LogP contribution in [-0.2, 0) is 16.0 Å². The van der Waals surface area contributed by atoms with Crippen LogP contribution in [0.25, 0.3) is 0 Å². The van der Waals surface area contributed by atoms with Crippen molar-refractivity contribution in [2.45, 2.75) is 39.2 Å². The Morgan fingerprint density at radius 3 is 2.36 bits per heavy atom. The van der Waals surface area contributed by atoms with E-state index in [4.69, 9.17) is 4.74 Å². The van der Waals surface area contributed by atoms with Gasteiger partial charge in [-0.2, -0.15) is 0 Å². The molecule has 2 aliphatic heterocycles. The third-order valence-electron chi connectivity index (χ3n) is 6.73. The van der Waals surface area contributed by atoms with Crippen LogP contribution in [0.5, 0.6) is 0 Å². The second-order valence-corrected chi connectivity index (χ2v) is 9.28. The van der Waals surface area contributed by atoms with Gasteiger partial charge in [-0.25, -0.2) is 0 Å². The van der Waals surface area contributed by atoms with Crippen molar-refractivity contribution in [1.82, 2.24) is 20.4 Å². The van der Waals surface area contributed by atoms with E-state index in [1.54, 1.807) is 7.05 Å². The molecular weight excluding hydrogens is 529 g/mol. The zero-order chi connectivity index (χ0) is 22.8. The summed E-state index contributed by atoms with van der Waals surface area (Å²) in [6.07, 6.45) is 3.25. The van der Waals surface area contributed by atoms with Crippen LogP contribution in [0.3, 0.4) is 0 Å². The summed E-state index contributed by atoms with van der Waals surface area (Å²) < 4.78 is 5.49. The molecule has 0 bridgehead atoms. The highest BCUT2D eigenvalue weighted by Gasteiger charge is 2.25. The van der Waals surface area contributed by atoms with E-state index < -0.39 is 0 Å². The first-order chi connectivity index (χ1) is 15.6. The number of nitrogens with zero attached hydrogens (tertiary/aromatic N) is 3. The fourth-order valence-corrected chi connectivity index (χ4v) is 4.72. The molecule has 2 saturated heterocycles. The number of carbonyl (C=O) groups is 1. The van der Waals surface area contributed by atoms with Gasteiger partial charge in [-0.3, -0.25) is 14.7 Å². The van der Waals surface area contributed by atoms with Gasteiger partial charge in [0, 0.05) is 45.8 Å². The van der Waals surface area contributed by atoms with Crippen LogP contribution in [-0.4, -0.2) is 87.2 Å². The van der Waals surface area contributed by atoms with Crippen LogP contribution in [0.1, 0.15) is 32.3 Å². The summed E-state index contributed by atoms with van der Waals surface area (Å²) in [5, 5.41) is 6.65. The van der Waals surface area contributed by atoms with Gasteiger partial charge < -0.3 is 20.3 Å². The smallest absolute Gasteiger partial charge is 0.241 e. The molecule has 2 fully saturated rings. The Morgan fingerprint density at radius 2 is 1.76 bits per heavy atom. The predicted molar refractivity (Wildman–Crippen MR) is 145 cm³/mol. The number of ether oxygens (including phenoxy) is 1. The second-order valence-electron chi connectivity index (χ2n) is 9.28. The van der Waals surface area contributed by atoms with Gasteiger partial charge in [0.2, 0.25) is 5.91 Å². The first-order valence-corrected chi connectivity index (χ1v) is 12.1. The molecule has 1 aromatic carbocycles. The van der Waals surface area contributed by atoms with Gasteiger partial charge in [0.1, 0.15) is 0 Å². The van der Waals surface area contributed by atoms with Crippen molar-refractivity contribution in [3.8, 4) is 0 Å². The molecule has 0 aromatic heterocycles. The van der Waals surface area contributed by atoms with Crippen molar-refractivity contribution in [2.24, 2.45) is 16.8 Å². The van der Waals surface area contributed by atoms with Crippen molar-refractivity contribution in [3.63, 3.8) is 0 Å². The number of guanidine groups is 1. The fraction of sp³-hybridized carbons (Fsp3) is 0.680. The molecule has 0 radical (unpaired) electrons. The van der Waals surface area contributed by atoms with Crippen molar-refractivity contribution < 1.29 is 9.53 Å². The molecule has 33 heavy (non-hydrogen) atoms. The largest absolute Gasteiger partial charge is 0.379 e. The Morgan fingerprint density at radius 1 is 1.09 bits per heavy atom. The molecule has 7 nitrogen and oxygen atoms in total. The molecule has 8 heteroatoms. The van der Waals surface area contributed by atoms with Gasteiger partial charge in [-0.1, -0.05) is 44.2 Å². The molecule has 2 aliphatic rings. The Bertz CT molecular complexity index is 717. The van der Waals surface area contributed by atoms with Gasteiger partial charge >= 0.3 is 0 Å². The molecule has 0 spiro atoms. The Labute approximate surface area is 216 Å².